The second-order valence-corrected chi connectivity index (χ2v) is 5.50. The van der Waals surface area contributed by atoms with Crippen molar-refractivity contribution >= 4 is 23.1 Å². The van der Waals surface area contributed by atoms with Crippen LogP contribution >= 0.6 is 12.2 Å². The van der Waals surface area contributed by atoms with Gasteiger partial charge in [0.05, 0.1) is 6.04 Å². The predicted molar refractivity (Wildman–Crippen MR) is 73.6 cm³/mol. The molecular formula is C13H10F6N2O2S. The highest BCUT2D eigenvalue weighted by atomic mass is 32.1. The van der Waals surface area contributed by atoms with Gasteiger partial charge in [0.2, 0.25) is 11.5 Å². The van der Waals surface area contributed by atoms with Gasteiger partial charge in [0.25, 0.3) is 0 Å². The van der Waals surface area contributed by atoms with E-state index < -0.39 is 40.9 Å². The first-order valence-corrected chi connectivity index (χ1v) is 6.82. The number of halogens is 6. The van der Waals surface area contributed by atoms with Crippen LogP contribution in [-0.2, 0) is 4.79 Å². The monoisotopic (exact) mass is 372 g/mol. The molecule has 1 heterocycles. The lowest BCUT2D eigenvalue weighted by molar-refractivity contribution is -0.293. The van der Waals surface area contributed by atoms with Crippen LogP contribution in [0, 0.1) is 5.92 Å². The highest BCUT2D eigenvalue weighted by molar-refractivity contribution is 7.80. The first-order chi connectivity index (χ1) is 10.9. The van der Waals surface area contributed by atoms with Crippen LogP contribution in [0.15, 0.2) is 30.3 Å². The number of thiocarbonyl (C=S) groups is 1. The molecule has 0 amide bonds. The number of hydrogen-bond donors (Lipinski definition) is 3. The van der Waals surface area contributed by atoms with Gasteiger partial charge in [0, 0.05) is 0 Å². The van der Waals surface area contributed by atoms with Gasteiger partial charge in [0.15, 0.2) is 5.11 Å². The van der Waals surface area contributed by atoms with Crippen molar-refractivity contribution in [2.75, 3.05) is 0 Å². The summed E-state index contributed by atoms with van der Waals surface area (Å²) >= 11 is 4.56. The molecule has 3 N–H and O–H groups in total. The molecule has 24 heavy (non-hydrogen) atoms. The Morgan fingerprint density at radius 3 is 2.12 bits per heavy atom. The zero-order valence-electron chi connectivity index (χ0n) is 11.6. The Balaban J connectivity index is 2.63. The lowest BCUT2D eigenvalue weighted by atomic mass is 9.79. The fourth-order valence-electron chi connectivity index (χ4n) is 2.45. The van der Waals surface area contributed by atoms with E-state index in [1.807, 2.05) is 0 Å². The summed E-state index contributed by atoms with van der Waals surface area (Å²) in [5.41, 5.74) is -4.23. The summed E-state index contributed by atoms with van der Waals surface area (Å²) in [6.45, 7) is 0. The standard InChI is InChI=1S/C13H10F6N2O2S/c14-12(15,16)9(22)7-8(6-4-2-1-3-5-6)20-10(24)21-11(7,23)13(17,18)19/h1-5,7-8,23H,(H2,20,21,24)/t7-,8-,11+/m1/s1. The third-order valence-corrected chi connectivity index (χ3v) is 3.75. The second kappa shape index (κ2) is 5.88. The summed E-state index contributed by atoms with van der Waals surface area (Å²) in [4.78, 5) is 11.7. The maximum atomic E-state index is 13.3. The average molecular weight is 372 g/mol. The normalized spacial score (nSPS) is 28.0. The van der Waals surface area contributed by atoms with Gasteiger partial charge >= 0.3 is 12.4 Å². The molecule has 1 aliphatic heterocycles. The molecule has 0 bridgehead atoms. The number of ketones is 1. The summed E-state index contributed by atoms with van der Waals surface area (Å²) in [6, 6.07) is 4.84. The van der Waals surface area contributed by atoms with Crippen LogP contribution in [-0.4, -0.2) is 34.1 Å². The smallest absolute Gasteiger partial charge is 0.363 e. The molecule has 1 aromatic carbocycles. The molecule has 0 radical (unpaired) electrons. The van der Waals surface area contributed by atoms with Crippen LogP contribution in [0.3, 0.4) is 0 Å². The zero-order valence-corrected chi connectivity index (χ0v) is 12.4. The van der Waals surface area contributed by atoms with E-state index >= 15 is 0 Å². The van der Waals surface area contributed by atoms with Crippen LogP contribution in [0.25, 0.3) is 0 Å². The maximum Gasteiger partial charge on any atom is 0.450 e. The Labute approximate surface area is 136 Å². The van der Waals surface area contributed by atoms with Crippen LogP contribution < -0.4 is 10.6 Å². The highest BCUT2D eigenvalue weighted by Crippen LogP contribution is 2.45. The zero-order chi connectivity index (χ0) is 18.3. The summed E-state index contributed by atoms with van der Waals surface area (Å²) < 4.78 is 78.3. The molecule has 132 valence electrons. The number of aliphatic hydroxyl groups is 1. The lowest BCUT2D eigenvalue weighted by Gasteiger charge is -2.46. The predicted octanol–water partition coefficient (Wildman–Crippen LogP) is 2.20. The molecule has 1 fully saturated rings. The van der Waals surface area contributed by atoms with Crippen molar-refractivity contribution in [2.24, 2.45) is 5.92 Å². The molecule has 0 aromatic heterocycles. The fourth-order valence-corrected chi connectivity index (χ4v) is 2.74. The number of hydrogen-bond acceptors (Lipinski definition) is 3. The third-order valence-electron chi connectivity index (χ3n) is 3.53. The minimum absolute atomic E-state index is 0.0633. The van der Waals surface area contributed by atoms with E-state index in [4.69, 9.17) is 0 Å². The van der Waals surface area contributed by atoms with Crippen molar-refractivity contribution in [2.45, 2.75) is 24.1 Å². The lowest BCUT2D eigenvalue weighted by Crippen LogP contribution is -2.73. The van der Waals surface area contributed by atoms with Crippen molar-refractivity contribution < 1.29 is 36.2 Å². The minimum atomic E-state index is -5.59. The van der Waals surface area contributed by atoms with Crippen molar-refractivity contribution in [3.63, 3.8) is 0 Å². The van der Waals surface area contributed by atoms with E-state index in [1.165, 1.54) is 35.6 Å². The molecule has 2 rings (SSSR count). The Bertz CT molecular complexity index is 648. The number of nitrogens with one attached hydrogen (secondary N) is 2. The van der Waals surface area contributed by atoms with Crippen LogP contribution in [0.4, 0.5) is 26.3 Å². The topological polar surface area (TPSA) is 61.4 Å². The molecule has 0 saturated carbocycles. The Morgan fingerprint density at radius 2 is 1.67 bits per heavy atom. The number of carbonyl (C=O) groups excluding carboxylic acids is 1. The van der Waals surface area contributed by atoms with Crippen LogP contribution in [0.1, 0.15) is 11.6 Å². The molecule has 0 spiro atoms. The van der Waals surface area contributed by atoms with Gasteiger partial charge in [-0.2, -0.15) is 26.3 Å². The Hall–Kier alpha value is -1.88. The van der Waals surface area contributed by atoms with Gasteiger partial charge in [-0.15, -0.1) is 0 Å². The van der Waals surface area contributed by atoms with Gasteiger partial charge in [-0.1, -0.05) is 30.3 Å². The summed E-state index contributed by atoms with van der Waals surface area (Å²) in [5.74, 6) is -5.65. The highest BCUT2D eigenvalue weighted by Gasteiger charge is 2.68. The molecule has 0 aliphatic carbocycles. The Morgan fingerprint density at radius 1 is 1.12 bits per heavy atom. The van der Waals surface area contributed by atoms with Crippen molar-refractivity contribution in [3.8, 4) is 0 Å². The number of benzene rings is 1. The fraction of sp³-hybridized carbons (Fsp3) is 0.385. The van der Waals surface area contributed by atoms with E-state index in [2.05, 4.69) is 17.5 Å². The molecule has 11 heteroatoms. The molecule has 1 aromatic rings. The quantitative estimate of drug-likeness (QED) is 0.549. The molecule has 4 nitrogen and oxygen atoms in total. The van der Waals surface area contributed by atoms with Crippen LogP contribution in [0.2, 0.25) is 0 Å². The number of alkyl halides is 6. The van der Waals surface area contributed by atoms with Gasteiger partial charge < -0.3 is 15.7 Å². The summed E-state index contributed by atoms with van der Waals surface area (Å²) in [7, 11) is 0. The molecule has 3 atom stereocenters. The van der Waals surface area contributed by atoms with Gasteiger partial charge in [0.1, 0.15) is 5.92 Å². The SMILES string of the molecule is O=C([C@H]1[C@@H](c2ccccc2)NC(=S)N[C@@]1(O)C(F)(F)F)C(F)(F)F. The summed E-state index contributed by atoms with van der Waals surface area (Å²) in [5, 5.41) is 12.8. The average Bonchev–Trinajstić information content (AvgIpc) is 2.44. The van der Waals surface area contributed by atoms with Crippen LogP contribution in [0.5, 0.6) is 0 Å². The van der Waals surface area contributed by atoms with E-state index in [0.29, 0.717) is 0 Å². The van der Waals surface area contributed by atoms with E-state index in [-0.39, 0.29) is 5.56 Å². The maximum absolute atomic E-state index is 13.3. The largest absolute Gasteiger partial charge is 0.450 e. The molecule has 1 aliphatic rings. The van der Waals surface area contributed by atoms with E-state index in [0.717, 1.165) is 0 Å². The Kier molecular flexibility index (Phi) is 4.53. The van der Waals surface area contributed by atoms with Gasteiger partial charge in [-0.3, -0.25) is 4.79 Å². The first-order valence-electron chi connectivity index (χ1n) is 6.41. The van der Waals surface area contributed by atoms with Crippen molar-refractivity contribution in [1.82, 2.24) is 10.6 Å². The van der Waals surface area contributed by atoms with E-state index in [1.54, 1.807) is 0 Å². The summed E-state index contributed by atoms with van der Waals surface area (Å²) in [6.07, 6.45) is -11.2. The van der Waals surface area contributed by atoms with Crippen molar-refractivity contribution in [3.05, 3.63) is 35.9 Å². The molecular weight excluding hydrogens is 362 g/mol. The van der Waals surface area contributed by atoms with Gasteiger partial charge in [-0.25, -0.2) is 0 Å². The first kappa shape index (κ1) is 18.5. The number of Topliss-reactive ketones (excluding diaryl/α,β-unsaturated/α-hetero) is 1. The number of carbonyl (C=O) groups is 1. The molecule has 0 unspecified atom stereocenters. The third kappa shape index (κ3) is 3.18. The van der Waals surface area contributed by atoms with Gasteiger partial charge in [-0.05, 0) is 17.8 Å². The van der Waals surface area contributed by atoms with Crippen molar-refractivity contribution in [1.29, 1.82) is 0 Å². The van der Waals surface area contributed by atoms with E-state index in [9.17, 15) is 36.2 Å². The molecule has 1 saturated heterocycles. The second-order valence-electron chi connectivity index (χ2n) is 5.09. The number of rotatable bonds is 2. The minimum Gasteiger partial charge on any atom is -0.363 e.